The third-order valence-corrected chi connectivity index (χ3v) is 6.28. The number of fused-ring (bicyclic) bond motifs is 1. The zero-order chi connectivity index (χ0) is 24.2. The minimum Gasteiger partial charge on any atom is -0.379 e. The topological polar surface area (TPSA) is 113 Å². The van der Waals surface area contributed by atoms with Gasteiger partial charge in [-0.25, -0.2) is 4.39 Å². The molecule has 0 radical (unpaired) electrons. The Balaban J connectivity index is 1.67. The fraction of sp³-hybridized carbons (Fsp3) is 0.167. The first kappa shape index (κ1) is 23.7. The van der Waals surface area contributed by atoms with Gasteiger partial charge in [0.25, 0.3) is 0 Å². The maximum absolute atomic E-state index is 13.6. The normalized spacial score (nSPS) is 11.7. The molecule has 2 heterocycles. The van der Waals surface area contributed by atoms with E-state index in [0.29, 0.717) is 34.4 Å². The Kier molecular flexibility index (Phi) is 7.10. The van der Waals surface area contributed by atoms with E-state index >= 15 is 0 Å². The van der Waals surface area contributed by atoms with Gasteiger partial charge in [-0.1, -0.05) is 18.5 Å². The molecule has 0 unspecified atom stereocenters. The van der Waals surface area contributed by atoms with Gasteiger partial charge in [0.15, 0.2) is 0 Å². The van der Waals surface area contributed by atoms with Crippen LogP contribution in [0.3, 0.4) is 0 Å². The van der Waals surface area contributed by atoms with Gasteiger partial charge in [-0.2, -0.15) is 10.4 Å². The molecule has 0 aliphatic carbocycles. The summed E-state index contributed by atoms with van der Waals surface area (Å²) in [5, 5.41) is 31.8. The second kappa shape index (κ2) is 10.2. The lowest BCUT2D eigenvalue weighted by molar-refractivity contribution is 0.628. The number of rotatable bonds is 8. The molecule has 0 amide bonds. The van der Waals surface area contributed by atoms with Crippen LogP contribution in [0, 0.1) is 22.6 Å². The van der Waals surface area contributed by atoms with Crippen molar-refractivity contribution in [2.75, 3.05) is 10.6 Å². The van der Waals surface area contributed by atoms with E-state index in [4.69, 9.17) is 17.0 Å². The number of aromatic amines is 1. The van der Waals surface area contributed by atoms with Crippen LogP contribution in [-0.2, 0) is 6.54 Å². The second-order valence-corrected chi connectivity index (χ2v) is 8.88. The van der Waals surface area contributed by atoms with Gasteiger partial charge in [-0.15, -0.1) is 0 Å². The maximum atomic E-state index is 13.6. The highest BCUT2D eigenvalue weighted by Gasteiger charge is 2.15. The molecule has 34 heavy (non-hydrogen) atoms. The van der Waals surface area contributed by atoms with Crippen molar-refractivity contribution in [2.24, 2.45) is 0 Å². The van der Waals surface area contributed by atoms with Gasteiger partial charge in [0.1, 0.15) is 11.9 Å². The van der Waals surface area contributed by atoms with E-state index in [1.54, 1.807) is 6.07 Å². The van der Waals surface area contributed by atoms with Crippen molar-refractivity contribution in [3.63, 3.8) is 0 Å². The number of halogens is 3. The fourth-order valence-corrected chi connectivity index (χ4v) is 4.31. The van der Waals surface area contributed by atoms with Crippen molar-refractivity contribution in [2.45, 2.75) is 25.8 Å². The summed E-state index contributed by atoms with van der Waals surface area (Å²) >= 11 is 9.51. The van der Waals surface area contributed by atoms with Gasteiger partial charge in [0, 0.05) is 39.6 Å². The Bertz CT molecular complexity index is 1410. The van der Waals surface area contributed by atoms with Gasteiger partial charge in [-0.3, -0.25) is 10.1 Å². The fourth-order valence-electron chi connectivity index (χ4n) is 3.57. The van der Waals surface area contributed by atoms with E-state index in [1.165, 1.54) is 24.5 Å². The van der Waals surface area contributed by atoms with Crippen molar-refractivity contribution in [3.8, 4) is 6.07 Å². The van der Waals surface area contributed by atoms with Crippen LogP contribution in [0.4, 0.5) is 21.5 Å². The number of anilines is 3. The lowest BCUT2D eigenvalue weighted by atomic mass is 10.0. The summed E-state index contributed by atoms with van der Waals surface area (Å²) < 4.78 is 14.3. The van der Waals surface area contributed by atoms with E-state index in [0.717, 1.165) is 28.0 Å². The summed E-state index contributed by atoms with van der Waals surface area (Å²) in [6, 6.07) is 12.2. The van der Waals surface area contributed by atoms with Gasteiger partial charge in [0.05, 0.1) is 39.7 Å². The number of hydrogen-bond donors (Lipinski definition) is 4. The summed E-state index contributed by atoms with van der Waals surface area (Å²) in [6.07, 6.45) is 3.70. The van der Waals surface area contributed by atoms with Crippen molar-refractivity contribution < 1.29 is 4.39 Å². The minimum absolute atomic E-state index is 0.0103. The Hall–Kier alpha value is -3.48. The first-order chi connectivity index (χ1) is 16.4. The average Bonchev–Trinajstić information content (AvgIpc) is 3.30. The number of benzene rings is 2. The zero-order valence-corrected chi connectivity index (χ0v) is 20.4. The molecule has 2 aromatic carbocycles. The van der Waals surface area contributed by atoms with E-state index in [-0.39, 0.29) is 10.9 Å². The van der Waals surface area contributed by atoms with Crippen LogP contribution in [-0.4, -0.2) is 21.4 Å². The molecule has 0 saturated heterocycles. The maximum Gasteiger partial charge on any atom is 0.141 e. The van der Waals surface area contributed by atoms with Gasteiger partial charge < -0.3 is 16.0 Å². The van der Waals surface area contributed by atoms with E-state index in [2.05, 4.69) is 47.8 Å². The Morgan fingerprint density at radius 1 is 1.29 bits per heavy atom. The first-order valence-corrected chi connectivity index (χ1v) is 11.6. The molecule has 4 N–H and O–H groups in total. The molecular formula is C24H20BrClFN7. The molecule has 4 aromatic rings. The van der Waals surface area contributed by atoms with Crippen molar-refractivity contribution >= 4 is 61.7 Å². The van der Waals surface area contributed by atoms with E-state index in [1.807, 2.05) is 25.1 Å². The number of hydrogen-bond acceptors (Lipinski definition) is 6. The van der Waals surface area contributed by atoms with Crippen molar-refractivity contribution in [1.82, 2.24) is 15.2 Å². The van der Waals surface area contributed by atoms with Crippen molar-refractivity contribution in [1.29, 1.82) is 10.7 Å². The molecule has 0 spiro atoms. The number of pyridine rings is 1. The number of H-pyrrole nitrogens is 1. The molecule has 0 bridgehead atoms. The quantitative estimate of drug-likeness (QED) is 0.182. The summed E-state index contributed by atoms with van der Waals surface area (Å²) in [4.78, 5) is 4.43. The molecule has 172 valence electrons. The van der Waals surface area contributed by atoms with Crippen LogP contribution in [0.15, 0.2) is 47.1 Å². The Labute approximate surface area is 209 Å². The van der Waals surface area contributed by atoms with E-state index < -0.39 is 5.82 Å². The largest absolute Gasteiger partial charge is 0.379 e. The van der Waals surface area contributed by atoms with Crippen LogP contribution in [0.2, 0.25) is 5.02 Å². The summed E-state index contributed by atoms with van der Waals surface area (Å²) in [7, 11) is 0. The van der Waals surface area contributed by atoms with Gasteiger partial charge >= 0.3 is 0 Å². The molecule has 2 aromatic heterocycles. The summed E-state index contributed by atoms with van der Waals surface area (Å²) in [6.45, 7) is 2.51. The number of nitrogens with one attached hydrogen (secondary N) is 4. The predicted molar refractivity (Wildman–Crippen MR) is 137 cm³/mol. The molecule has 7 nitrogen and oxygen atoms in total. The molecule has 0 saturated carbocycles. The molecule has 0 aliphatic rings. The SMILES string of the molecule is CC[C@@H](C=N)c1cc(CNc2cc(Br)c3ncc(C#N)c(Nc4ccc(F)c(Cl)c4)c3c2)[nH]n1. The highest BCUT2D eigenvalue weighted by Crippen LogP contribution is 2.35. The Morgan fingerprint density at radius 3 is 2.82 bits per heavy atom. The van der Waals surface area contributed by atoms with Crippen LogP contribution < -0.4 is 10.6 Å². The molecular weight excluding hydrogens is 521 g/mol. The lowest BCUT2D eigenvalue weighted by Crippen LogP contribution is -2.02. The summed E-state index contributed by atoms with van der Waals surface area (Å²) in [5.74, 6) is -0.529. The van der Waals surface area contributed by atoms with Gasteiger partial charge in [0.2, 0.25) is 0 Å². The van der Waals surface area contributed by atoms with Crippen LogP contribution in [0.25, 0.3) is 10.9 Å². The Morgan fingerprint density at radius 2 is 2.12 bits per heavy atom. The predicted octanol–water partition coefficient (Wildman–Crippen LogP) is 6.88. The molecule has 10 heteroatoms. The zero-order valence-electron chi connectivity index (χ0n) is 18.1. The van der Waals surface area contributed by atoms with E-state index in [9.17, 15) is 9.65 Å². The minimum atomic E-state index is -0.519. The molecule has 4 rings (SSSR count). The average molecular weight is 541 g/mol. The highest BCUT2D eigenvalue weighted by molar-refractivity contribution is 9.10. The highest BCUT2D eigenvalue weighted by atomic mass is 79.9. The van der Waals surface area contributed by atoms with Gasteiger partial charge in [-0.05, 0) is 58.7 Å². The molecule has 1 atom stereocenters. The number of aromatic nitrogens is 3. The second-order valence-electron chi connectivity index (χ2n) is 7.62. The monoisotopic (exact) mass is 539 g/mol. The van der Waals surface area contributed by atoms with Crippen LogP contribution in [0.1, 0.15) is 36.2 Å². The molecule has 0 aliphatic heterocycles. The first-order valence-electron chi connectivity index (χ1n) is 10.5. The third kappa shape index (κ3) is 4.88. The van der Waals surface area contributed by atoms with Crippen LogP contribution >= 0.6 is 27.5 Å². The summed E-state index contributed by atoms with van der Waals surface area (Å²) in [5.41, 5.74) is 4.61. The lowest BCUT2D eigenvalue weighted by Gasteiger charge is -2.14. The number of nitriles is 1. The van der Waals surface area contributed by atoms with Crippen LogP contribution in [0.5, 0.6) is 0 Å². The number of nitrogens with zero attached hydrogens (tertiary/aromatic N) is 3. The third-order valence-electron chi connectivity index (χ3n) is 5.39. The smallest absolute Gasteiger partial charge is 0.141 e. The van der Waals surface area contributed by atoms with Crippen molar-refractivity contribution in [3.05, 3.63) is 74.9 Å². The standard InChI is InChI=1S/C24H20BrClFN7/c1-2-13(9-28)22-8-17(33-34-22)12-30-16-5-18-23(32-15-3-4-21(27)20(26)7-15)14(10-29)11-31-24(18)19(25)6-16/h3-9,11,13,28,30H,2,12H2,1H3,(H,31,32)(H,33,34)/t13-/m0/s1. The molecule has 0 fully saturated rings.